The molecule has 37 heavy (non-hydrogen) atoms. The second-order valence-electron chi connectivity index (χ2n) is 8.49. The third-order valence-electron chi connectivity index (χ3n) is 5.76. The quantitative estimate of drug-likeness (QED) is 0.236. The van der Waals surface area contributed by atoms with Crippen LogP contribution in [0.2, 0.25) is 0 Å². The number of carbonyl (C=O) groups excluding carboxylic acids is 3. The van der Waals surface area contributed by atoms with Crippen LogP contribution in [0.3, 0.4) is 0 Å². The summed E-state index contributed by atoms with van der Waals surface area (Å²) >= 11 is 0. The molecule has 0 unspecified atom stereocenters. The number of benzene rings is 2. The molecule has 0 aliphatic rings. The topological polar surface area (TPSA) is 193 Å². The second-order valence-corrected chi connectivity index (χ2v) is 8.49. The summed E-state index contributed by atoms with van der Waals surface area (Å²) < 4.78 is 0.785. The van der Waals surface area contributed by atoms with Gasteiger partial charge in [0.2, 0.25) is 17.7 Å². The monoisotopic (exact) mass is 509 g/mol. The predicted octanol–water partition coefficient (Wildman–Crippen LogP) is -0.187. The van der Waals surface area contributed by atoms with Crippen molar-refractivity contribution < 1.29 is 24.3 Å². The first-order valence-corrected chi connectivity index (χ1v) is 11.5. The van der Waals surface area contributed by atoms with Gasteiger partial charge in [-0.05, 0) is 31.0 Å². The fourth-order valence-electron chi connectivity index (χ4n) is 3.80. The van der Waals surface area contributed by atoms with Crippen LogP contribution >= 0.6 is 0 Å². The van der Waals surface area contributed by atoms with Gasteiger partial charge in [0.1, 0.15) is 18.1 Å². The first-order chi connectivity index (χ1) is 17.6. The van der Waals surface area contributed by atoms with Crippen LogP contribution in [0, 0.1) is 0 Å². The van der Waals surface area contributed by atoms with E-state index < -0.39 is 53.1 Å². The molecule has 0 radical (unpaired) electrons. The molecule has 3 atom stereocenters. The number of carboxylic acids is 1. The van der Waals surface area contributed by atoms with Gasteiger partial charge in [-0.2, -0.15) is 0 Å². The molecule has 0 spiro atoms. The van der Waals surface area contributed by atoms with Crippen LogP contribution < -0.4 is 27.6 Å². The van der Waals surface area contributed by atoms with Crippen molar-refractivity contribution >= 4 is 34.6 Å². The number of primary amides is 1. The Morgan fingerprint density at radius 3 is 2.27 bits per heavy atom. The Bertz CT molecular complexity index is 1430. The third-order valence-corrected chi connectivity index (χ3v) is 5.76. The Kier molecular flexibility index (Phi) is 8.56. The number of aromatic nitrogens is 2. The number of nitrogens with one attached hydrogen (secondary N) is 3. The largest absolute Gasteiger partial charge is 0.480 e. The zero-order chi connectivity index (χ0) is 27.1. The molecule has 0 aliphatic carbocycles. The lowest BCUT2D eigenvalue weighted by Crippen LogP contribution is -2.54. The Hall–Kier alpha value is -4.74. The molecule has 194 valence electrons. The highest BCUT2D eigenvalue weighted by atomic mass is 16.4. The zero-order valence-corrected chi connectivity index (χ0v) is 20.0. The van der Waals surface area contributed by atoms with Crippen LogP contribution in [0.1, 0.15) is 31.4 Å². The fourth-order valence-corrected chi connectivity index (χ4v) is 3.80. The highest BCUT2D eigenvalue weighted by Crippen LogP contribution is 2.14. The average Bonchev–Trinajstić information content (AvgIpc) is 2.86. The fraction of sp³-hybridized carbons (Fsp3) is 0.280. The number of carboxylic acid groups (broad SMARTS) is 1. The van der Waals surface area contributed by atoms with Crippen LogP contribution in [0.5, 0.6) is 0 Å². The SMILES string of the molecule is C[C@H](NC(=O)[C@H](CCC(N)=O)NC(=O)[C@H](Cc1ccccc1)n1c(=O)[nH]c2ccccc2c1=O)C(=O)O. The minimum Gasteiger partial charge on any atom is -0.480 e. The van der Waals surface area contributed by atoms with Gasteiger partial charge in [-0.1, -0.05) is 42.5 Å². The Labute approximate surface area is 210 Å². The molecule has 6 N–H and O–H groups in total. The van der Waals surface area contributed by atoms with Gasteiger partial charge in [0, 0.05) is 12.8 Å². The van der Waals surface area contributed by atoms with Crippen molar-refractivity contribution in [2.24, 2.45) is 5.73 Å². The van der Waals surface area contributed by atoms with Crippen LogP contribution in [0.4, 0.5) is 0 Å². The molecule has 3 rings (SSSR count). The first-order valence-electron chi connectivity index (χ1n) is 11.5. The highest BCUT2D eigenvalue weighted by Gasteiger charge is 2.30. The predicted molar refractivity (Wildman–Crippen MR) is 134 cm³/mol. The average molecular weight is 510 g/mol. The van der Waals surface area contributed by atoms with E-state index in [1.807, 2.05) is 0 Å². The minimum absolute atomic E-state index is 0.0658. The summed E-state index contributed by atoms with van der Waals surface area (Å²) in [7, 11) is 0. The molecule has 1 heterocycles. The van der Waals surface area contributed by atoms with Crippen LogP contribution in [-0.2, 0) is 25.6 Å². The number of fused-ring (bicyclic) bond motifs is 1. The van der Waals surface area contributed by atoms with Crippen molar-refractivity contribution in [2.75, 3.05) is 0 Å². The normalized spacial score (nSPS) is 13.3. The molecule has 0 saturated heterocycles. The Morgan fingerprint density at radius 1 is 0.973 bits per heavy atom. The van der Waals surface area contributed by atoms with Gasteiger partial charge in [-0.15, -0.1) is 0 Å². The number of para-hydroxylation sites is 1. The summed E-state index contributed by atoms with van der Waals surface area (Å²) in [5, 5.41) is 14.0. The van der Waals surface area contributed by atoms with Crippen molar-refractivity contribution in [1.29, 1.82) is 0 Å². The van der Waals surface area contributed by atoms with Crippen LogP contribution in [0.15, 0.2) is 64.2 Å². The number of rotatable bonds is 11. The number of H-pyrrole nitrogens is 1. The number of aromatic amines is 1. The van der Waals surface area contributed by atoms with Crippen LogP contribution in [-0.4, -0.2) is 50.4 Å². The number of hydrogen-bond donors (Lipinski definition) is 5. The Balaban J connectivity index is 2.02. The van der Waals surface area contributed by atoms with E-state index in [2.05, 4.69) is 15.6 Å². The summed E-state index contributed by atoms with van der Waals surface area (Å²) in [6, 6.07) is 11.0. The van der Waals surface area contributed by atoms with E-state index in [0.29, 0.717) is 11.1 Å². The molecular formula is C25H27N5O7. The number of nitrogens with zero attached hydrogens (tertiary/aromatic N) is 1. The maximum atomic E-state index is 13.5. The van der Waals surface area contributed by atoms with Gasteiger partial charge in [-0.25, -0.2) is 9.36 Å². The number of carbonyl (C=O) groups is 4. The van der Waals surface area contributed by atoms with Crippen molar-refractivity contribution in [3.8, 4) is 0 Å². The lowest BCUT2D eigenvalue weighted by atomic mass is 10.0. The zero-order valence-electron chi connectivity index (χ0n) is 20.0. The van der Waals surface area contributed by atoms with Crippen molar-refractivity contribution in [3.63, 3.8) is 0 Å². The van der Waals surface area contributed by atoms with Gasteiger partial charge in [0.05, 0.1) is 10.9 Å². The number of nitrogens with two attached hydrogens (primary N) is 1. The van der Waals surface area contributed by atoms with Crippen molar-refractivity contribution in [1.82, 2.24) is 20.2 Å². The second kappa shape index (κ2) is 11.8. The summed E-state index contributed by atoms with van der Waals surface area (Å²) in [6.07, 6.45) is -0.566. The van der Waals surface area contributed by atoms with E-state index in [4.69, 9.17) is 10.8 Å². The van der Waals surface area contributed by atoms with Gasteiger partial charge >= 0.3 is 11.7 Å². The maximum absolute atomic E-state index is 13.5. The smallest absolute Gasteiger partial charge is 0.329 e. The maximum Gasteiger partial charge on any atom is 0.329 e. The summed E-state index contributed by atoms with van der Waals surface area (Å²) in [5.41, 5.74) is 4.61. The first kappa shape index (κ1) is 26.9. The number of amides is 3. The van der Waals surface area contributed by atoms with Gasteiger partial charge in [0.25, 0.3) is 5.56 Å². The van der Waals surface area contributed by atoms with Crippen LogP contribution in [0.25, 0.3) is 10.9 Å². The van der Waals surface area contributed by atoms with E-state index in [0.717, 1.165) is 4.57 Å². The molecule has 12 nitrogen and oxygen atoms in total. The lowest BCUT2D eigenvalue weighted by molar-refractivity contribution is -0.141. The molecule has 12 heteroatoms. The highest BCUT2D eigenvalue weighted by molar-refractivity contribution is 5.92. The molecule has 0 bridgehead atoms. The van der Waals surface area contributed by atoms with E-state index in [1.54, 1.807) is 48.5 Å². The Morgan fingerprint density at radius 2 is 1.62 bits per heavy atom. The summed E-state index contributed by atoms with van der Waals surface area (Å²) in [4.78, 5) is 77.7. The summed E-state index contributed by atoms with van der Waals surface area (Å²) in [6.45, 7) is 1.24. The lowest BCUT2D eigenvalue weighted by Gasteiger charge is -2.24. The minimum atomic E-state index is -1.37. The van der Waals surface area contributed by atoms with E-state index in [9.17, 15) is 28.8 Å². The molecule has 0 saturated carbocycles. The van der Waals surface area contributed by atoms with Gasteiger partial charge in [-0.3, -0.25) is 24.0 Å². The molecule has 3 amide bonds. The van der Waals surface area contributed by atoms with Crippen molar-refractivity contribution in [2.45, 2.75) is 44.3 Å². The molecule has 1 aromatic heterocycles. The molecular weight excluding hydrogens is 482 g/mol. The molecule has 0 fully saturated rings. The summed E-state index contributed by atoms with van der Waals surface area (Å²) in [5.74, 6) is -3.74. The third kappa shape index (κ3) is 6.69. The molecule has 0 aliphatic heterocycles. The van der Waals surface area contributed by atoms with E-state index >= 15 is 0 Å². The number of aliphatic carboxylic acids is 1. The van der Waals surface area contributed by atoms with E-state index in [-0.39, 0.29) is 24.6 Å². The molecule has 3 aromatic rings. The van der Waals surface area contributed by atoms with E-state index in [1.165, 1.54) is 13.0 Å². The standard InChI is InChI=1S/C25H27N5O7/c1-14(24(35)36)27-21(32)18(11-12-20(26)31)28-22(33)19(13-15-7-3-2-4-8-15)30-23(34)16-9-5-6-10-17(16)29-25(30)37/h2-10,14,18-19H,11-13H2,1H3,(H2,26,31)(H,27,32)(H,28,33)(H,29,37)(H,35,36)/t14-,18-,19-/m0/s1. The van der Waals surface area contributed by atoms with Gasteiger partial charge < -0.3 is 26.5 Å². The molecule has 2 aromatic carbocycles. The van der Waals surface area contributed by atoms with Crippen molar-refractivity contribution in [3.05, 3.63) is 81.0 Å². The van der Waals surface area contributed by atoms with Gasteiger partial charge in [0.15, 0.2) is 0 Å². The number of hydrogen-bond acceptors (Lipinski definition) is 6.